The van der Waals surface area contributed by atoms with E-state index in [0.717, 1.165) is 0 Å². The first-order valence-electron chi connectivity index (χ1n) is 6.54. The summed E-state index contributed by atoms with van der Waals surface area (Å²) in [6, 6.07) is 7.20. The van der Waals surface area contributed by atoms with E-state index in [0.29, 0.717) is 31.5 Å². The highest BCUT2D eigenvalue weighted by atomic mass is 32.2. The number of carbonyl (C=O) groups is 1. The molecule has 5 heteroatoms. The molecule has 0 radical (unpaired) electrons. The summed E-state index contributed by atoms with van der Waals surface area (Å²) in [6.07, 6.45) is 3.18. The fourth-order valence-electron chi connectivity index (χ4n) is 2.42. The monoisotopic (exact) mass is 292 g/mol. The van der Waals surface area contributed by atoms with Crippen LogP contribution >= 0.6 is 11.8 Å². The van der Waals surface area contributed by atoms with Crippen molar-refractivity contribution in [3.05, 3.63) is 35.1 Å². The number of nitriles is 1. The molecule has 0 aliphatic carbocycles. The largest absolute Gasteiger partial charge is 0.338 e. The van der Waals surface area contributed by atoms with Crippen molar-refractivity contribution in [2.45, 2.75) is 24.5 Å². The van der Waals surface area contributed by atoms with E-state index < -0.39 is 10.6 Å². The van der Waals surface area contributed by atoms with E-state index in [1.165, 1.54) is 17.8 Å². The van der Waals surface area contributed by atoms with Crippen molar-refractivity contribution in [3.8, 4) is 6.07 Å². The van der Waals surface area contributed by atoms with Crippen LogP contribution in [-0.4, -0.2) is 34.9 Å². The molecule has 1 aromatic rings. The highest BCUT2D eigenvalue weighted by Crippen LogP contribution is 2.34. The standard InChI is InChI=1S/C15H17FN2OS/c1-11-4-3-5-12(13(11)16)14(19)18-8-6-15(10-17,20-2)7-9-18/h3-5H,6-9H2,1-2H3. The van der Waals surface area contributed by atoms with Crippen molar-refractivity contribution >= 4 is 17.7 Å². The lowest BCUT2D eigenvalue weighted by molar-refractivity contribution is 0.0711. The van der Waals surface area contributed by atoms with Crippen LogP contribution in [0.25, 0.3) is 0 Å². The van der Waals surface area contributed by atoms with Crippen LogP contribution in [0.5, 0.6) is 0 Å². The molecule has 0 spiro atoms. The topological polar surface area (TPSA) is 44.1 Å². The lowest BCUT2D eigenvalue weighted by Gasteiger charge is -2.36. The van der Waals surface area contributed by atoms with Gasteiger partial charge in [0.05, 0.1) is 11.6 Å². The first-order valence-corrected chi connectivity index (χ1v) is 7.76. The molecule has 1 saturated heterocycles. The van der Waals surface area contributed by atoms with Gasteiger partial charge in [-0.25, -0.2) is 4.39 Å². The summed E-state index contributed by atoms with van der Waals surface area (Å²) in [7, 11) is 0. The molecule has 3 nitrogen and oxygen atoms in total. The number of thioether (sulfide) groups is 1. The smallest absolute Gasteiger partial charge is 0.256 e. The number of aryl methyl sites for hydroxylation is 1. The van der Waals surface area contributed by atoms with Gasteiger partial charge in [0.2, 0.25) is 0 Å². The van der Waals surface area contributed by atoms with Crippen molar-refractivity contribution in [1.82, 2.24) is 4.90 Å². The molecule has 20 heavy (non-hydrogen) atoms. The minimum atomic E-state index is -0.445. The van der Waals surface area contributed by atoms with Crippen LogP contribution in [0.3, 0.4) is 0 Å². The molecule has 1 fully saturated rings. The number of amides is 1. The van der Waals surface area contributed by atoms with Gasteiger partial charge in [-0.1, -0.05) is 12.1 Å². The zero-order valence-electron chi connectivity index (χ0n) is 11.6. The quantitative estimate of drug-likeness (QED) is 0.841. The zero-order valence-corrected chi connectivity index (χ0v) is 12.5. The number of rotatable bonds is 2. The lowest BCUT2D eigenvalue weighted by Crippen LogP contribution is -2.44. The predicted octanol–water partition coefficient (Wildman–Crippen LogP) is 3.00. The van der Waals surface area contributed by atoms with Gasteiger partial charge in [0.25, 0.3) is 5.91 Å². The summed E-state index contributed by atoms with van der Waals surface area (Å²) in [5, 5.41) is 9.23. The molecule has 1 amide bonds. The third-order valence-corrected chi connectivity index (χ3v) is 5.16. The van der Waals surface area contributed by atoms with Gasteiger partial charge in [-0.05, 0) is 37.7 Å². The molecule has 1 aliphatic rings. The third kappa shape index (κ3) is 2.66. The first-order chi connectivity index (χ1) is 9.53. The maximum absolute atomic E-state index is 14.0. The average Bonchev–Trinajstić information content (AvgIpc) is 2.49. The van der Waals surface area contributed by atoms with E-state index in [1.807, 2.05) is 6.26 Å². The summed E-state index contributed by atoms with van der Waals surface area (Å²) < 4.78 is 13.6. The molecule has 2 rings (SSSR count). The Kier molecular flexibility index (Phi) is 4.34. The van der Waals surface area contributed by atoms with Crippen molar-refractivity contribution in [2.24, 2.45) is 0 Å². The second-order valence-electron chi connectivity index (χ2n) is 5.04. The predicted molar refractivity (Wildman–Crippen MR) is 78.1 cm³/mol. The van der Waals surface area contributed by atoms with Gasteiger partial charge >= 0.3 is 0 Å². The number of halogens is 1. The lowest BCUT2D eigenvalue weighted by atomic mass is 9.96. The maximum atomic E-state index is 14.0. The Morgan fingerprint density at radius 1 is 1.45 bits per heavy atom. The normalized spacial score (nSPS) is 17.6. The summed E-state index contributed by atoms with van der Waals surface area (Å²) in [4.78, 5) is 14.0. The Labute approximate surface area is 122 Å². The molecule has 1 aliphatic heterocycles. The Hall–Kier alpha value is -1.54. The van der Waals surface area contributed by atoms with E-state index in [-0.39, 0.29) is 11.5 Å². The molecule has 0 aromatic heterocycles. The number of hydrogen-bond acceptors (Lipinski definition) is 3. The number of benzene rings is 1. The van der Waals surface area contributed by atoms with Crippen molar-refractivity contribution in [2.75, 3.05) is 19.3 Å². The van der Waals surface area contributed by atoms with Crippen LogP contribution in [0.1, 0.15) is 28.8 Å². The second kappa shape index (κ2) is 5.84. The molecular formula is C15H17FN2OS. The van der Waals surface area contributed by atoms with Gasteiger partial charge < -0.3 is 4.90 Å². The molecule has 1 heterocycles. The molecule has 0 N–H and O–H groups in total. The van der Waals surface area contributed by atoms with Crippen molar-refractivity contribution in [1.29, 1.82) is 5.26 Å². The average molecular weight is 292 g/mol. The number of carbonyl (C=O) groups excluding carboxylic acids is 1. The van der Waals surface area contributed by atoms with Crippen molar-refractivity contribution in [3.63, 3.8) is 0 Å². The summed E-state index contributed by atoms with van der Waals surface area (Å²) in [5.41, 5.74) is 0.599. The maximum Gasteiger partial charge on any atom is 0.256 e. The van der Waals surface area contributed by atoms with E-state index in [2.05, 4.69) is 6.07 Å². The van der Waals surface area contributed by atoms with Crippen LogP contribution in [0, 0.1) is 24.1 Å². The highest BCUT2D eigenvalue weighted by Gasteiger charge is 2.36. The van der Waals surface area contributed by atoms with E-state index >= 15 is 0 Å². The molecule has 1 aromatic carbocycles. The second-order valence-corrected chi connectivity index (χ2v) is 6.23. The van der Waals surface area contributed by atoms with Crippen LogP contribution in [-0.2, 0) is 0 Å². The van der Waals surface area contributed by atoms with Gasteiger partial charge in [-0.3, -0.25) is 4.79 Å². The molecule has 106 valence electrons. The molecule has 0 atom stereocenters. The fraction of sp³-hybridized carbons (Fsp3) is 0.467. The van der Waals surface area contributed by atoms with E-state index in [1.54, 1.807) is 24.0 Å². The number of likely N-dealkylation sites (tertiary alicyclic amines) is 1. The van der Waals surface area contributed by atoms with Gasteiger partial charge in [0, 0.05) is 13.1 Å². The van der Waals surface area contributed by atoms with Gasteiger partial charge in [0.15, 0.2) is 0 Å². The SMILES string of the molecule is CSC1(C#N)CCN(C(=O)c2cccc(C)c2F)CC1. The van der Waals surface area contributed by atoms with Crippen LogP contribution < -0.4 is 0 Å². The number of nitrogens with zero attached hydrogens (tertiary/aromatic N) is 2. The highest BCUT2D eigenvalue weighted by molar-refractivity contribution is 8.00. The third-order valence-electron chi connectivity index (χ3n) is 3.88. The minimum Gasteiger partial charge on any atom is -0.338 e. The first kappa shape index (κ1) is 14.9. The Morgan fingerprint density at radius 3 is 2.65 bits per heavy atom. The molecule has 0 bridgehead atoms. The number of hydrogen-bond donors (Lipinski definition) is 0. The Morgan fingerprint density at radius 2 is 2.10 bits per heavy atom. The van der Waals surface area contributed by atoms with Crippen molar-refractivity contribution < 1.29 is 9.18 Å². The van der Waals surface area contributed by atoms with Gasteiger partial charge in [0.1, 0.15) is 10.6 Å². The van der Waals surface area contributed by atoms with Gasteiger partial charge in [-0.15, -0.1) is 11.8 Å². The Balaban J connectivity index is 2.13. The molecule has 0 saturated carbocycles. The summed E-state index contributed by atoms with van der Waals surface area (Å²) in [6.45, 7) is 2.65. The molecule has 0 unspecified atom stereocenters. The van der Waals surface area contributed by atoms with Crippen LogP contribution in [0.2, 0.25) is 0 Å². The zero-order chi connectivity index (χ0) is 14.8. The van der Waals surface area contributed by atoms with Crippen LogP contribution in [0.4, 0.5) is 4.39 Å². The van der Waals surface area contributed by atoms with Gasteiger partial charge in [-0.2, -0.15) is 5.26 Å². The molecular weight excluding hydrogens is 275 g/mol. The van der Waals surface area contributed by atoms with E-state index in [4.69, 9.17) is 0 Å². The van der Waals surface area contributed by atoms with Crippen LogP contribution in [0.15, 0.2) is 18.2 Å². The van der Waals surface area contributed by atoms with E-state index in [9.17, 15) is 14.4 Å². The fourth-order valence-corrected chi connectivity index (χ4v) is 3.10. The number of piperidine rings is 1. The summed E-state index contributed by atoms with van der Waals surface area (Å²) >= 11 is 1.54. The Bertz CT molecular complexity index is 559. The minimum absolute atomic E-state index is 0.124. The summed E-state index contributed by atoms with van der Waals surface area (Å²) in [5.74, 6) is -0.724.